The number of aliphatic carboxylic acids is 1. The van der Waals surface area contributed by atoms with Crippen molar-refractivity contribution in [2.45, 2.75) is 26.7 Å². The predicted molar refractivity (Wildman–Crippen MR) is 66.1 cm³/mol. The lowest BCUT2D eigenvalue weighted by Crippen LogP contribution is -2.03. The Bertz CT molecular complexity index is 585. The Kier molecular flexibility index (Phi) is 2.88. The first kappa shape index (κ1) is 11.6. The maximum atomic E-state index is 10.6. The first-order valence-corrected chi connectivity index (χ1v) is 5.64. The number of aromatic nitrogens is 2. The van der Waals surface area contributed by atoms with Crippen LogP contribution >= 0.6 is 0 Å². The van der Waals surface area contributed by atoms with E-state index in [1.54, 1.807) is 0 Å². The van der Waals surface area contributed by atoms with E-state index in [-0.39, 0.29) is 6.42 Å². The summed E-state index contributed by atoms with van der Waals surface area (Å²) >= 11 is 0. The molecule has 0 fully saturated rings. The van der Waals surface area contributed by atoms with Crippen molar-refractivity contribution in [1.29, 1.82) is 0 Å². The molecular formula is C13H16N2O2. The van der Waals surface area contributed by atoms with Gasteiger partial charge in [-0.3, -0.25) is 4.79 Å². The molecule has 1 aromatic heterocycles. The molecule has 2 aromatic rings. The van der Waals surface area contributed by atoms with Crippen molar-refractivity contribution in [3.63, 3.8) is 0 Å². The number of carboxylic acids is 1. The van der Waals surface area contributed by atoms with Gasteiger partial charge < -0.3 is 9.67 Å². The zero-order chi connectivity index (χ0) is 12.6. The second-order valence-electron chi connectivity index (χ2n) is 4.36. The summed E-state index contributed by atoms with van der Waals surface area (Å²) < 4.78 is 1.98. The molecule has 0 aliphatic heterocycles. The van der Waals surface area contributed by atoms with Crippen molar-refractivity contribution in [3.05, 3.63) is 29.1 Å². The summed E-state index contributed by atoms with van der Waals surface area (Å²) in [6.45, 7) is 4.10. The van der Waals surface area contributed by atoms with Crippen molar-refractivity contribution in [2.24, 2.45) is 7.05 Å². The van der Waals surface area contributed by atoms with Crippen LogP contribution in [0.5, 0.6) is 0 Å². The quantitative estimate of drug-likeness (QED) is 0.882. The minimum absolute atomic E-state index is 0.120. The Labute approximate surface area is 99.9 Å². The fourth-order valence-electron chi connectivity index (χ4n) is 1.98. The van der Waals surface area contributed by atoms with Gasteiger partial charge in [-0.1, -0.05) is 6.07 Å². The molecule has 4 heteroatoms. The summed E-state index contributed by atoms with van der Waals surface area (Å²) in [6.07, 6.45) is 0.591. The Morgan fingerprint density at radius 2 is 2.12 bits per heavy atom. The highest BCUT2D eigenvalue weighted by Crippen LogP contribution is 2.22. The SMILES string of the molecule is Cc1ccc2c(nc(CCC(=O)O)n2C)c1C. The van der Waals surface area contributed by atoms with Crippen LogP contribution in [0.1, 0.15) is 23.4 Å². The van der Waals surface area contributed by atoms with Crippen LogP contribution in [0.25, 0.3) is 11.0 Å². The zero-order valence-electron chi connectivity index (χ0n) is 10.3. The molecule has 0 saturated carbocycles. The van der Waals surface area contributed by atoms with Gasteiger partial charge in [-0.25, -0.2) is 4.98 Å². The number of hydrogen-bond acceptors (Lipinski definition) is 2. The number of nitrogens with zero attached hydrogens (tertiary/aromatic N) is 2. The molecule has 0 amide bonds. The fraction of sp³-hybridized carbons (Fsp3) is 0.385. The van der Waals surface area contributed by atoms with Gasteiger partial charge in [0.1, 0.15) is 5.82 Å². The third-order valence-corrected chi connectivity index (χ3v) is 3.23. The molecule has 0 radical (unpaired) electrons. The van der Waals surface area contributed by atoms with E-state index < -0.39 is 5.97 Å². The molecule has 1 aromatic carbocycles. The predicted octanol–water partition coefficient (Wildman–Crippen LogP) is 2.21. The van der Waals surface area contributed by atoms with Gasteiger partial charge in [0.15, 0.2) is 0 Å². The molecule has 0 saturated heterocycles. The molecule has 0 aliphatic carbocycles. The number of rotatable bonds is 3. The Morgan fingerprint density at radius 1 is 1.41 bits per heavy atom. The van der Waals surface area contributed by atoms with Gasteiger partial charge in [0.05, 0.1) is 17.5 Å². The molecule has 0 atom stereocenters. The smallest absolute Gasteiger partial charge is 0.303 e. The lowest BCUT2D eigenvalue weighted by atomic mass is 10.1. The molecule has 90 valence electrons. The second kappa shape index (κ2) is 4.20. The van der Waals surface area contributed by atoms with Gasteiger partial charge in [-0.15, -0.1) is 0 Å². The van der Waals surface area contributed by atoms with E-state index in [1.807, 2.05) is 24.6 Å². The van der Waals surface area contributed by atoms with Gasteiger partial charge in [0, 0.05) is 13.5 Å². The molecule has 0 unspecified atom stereocenters. The largest absolute Gasteiger partial charge is 0.481 e. The summed E-state index contributed by atoms with van der Waals surface area (Å²) in [6, 6.07) is 4.11. The highest BCUT2D eigenvalue weighted by Gasteiger charge is 2.11. The first-order valence-electron chi connectivity index (χ1n) is 5.64. The zero-order valence-corrected chi connectivity index (χ0v) is 10.3. The fourth-order valence-corrected chi connectivity index (χ4v) is 1.98. The van der Waals surface area contributed by atoms with Crippen molar-refractivity contribution in [3.8, 4) is 0 Å². The number of benzene rings is 1. The van der Waals surface area contributed by atoms with Crippen molar-refractivity contribution < 1.29 is 9.90 Å². The van der Waals surface area contributed by atoms with Crippen LogP contribution in [0.15, 0.2) is 12.1 Å². The first-order chi connectivity index (χ1) is 8.00. The molecule has 4 nitrogen and oxygen atoms in total. The summed E-state index contributed by atoms with van der Waals surface area (Å²) in [5.74, 6) is 0.0426. The minimum atomic E-state index is -0.787. The molecule has 0 bridgehead atoms. The third-order valence-electron chi connectivity index (χ3n) is 3.23. The molecular weight excluding hydrogens is 216 g/mol. The number of carbonyl (C=O) groups is 1. The summed E-state index contributed by atoms with van der Waals surface area (Å²) in [4.78, 5) is 15.1. The highest BCUT2D eigenvalue weighted by atomic mass is 16.4. The van der Waals surface area contributed by atoms with Crippen LogP contribution in [0, 0.1) is 13.8 Å². The Hall–Kier alpha value is -1.84. The average Bonchev–Trinajstić information content (AvgIpc) is 2.59. The number of fused-ring (bicyclic) bond motifs is 1. The van der Waals surface area contributed by atoms with E-state index >= 15 is 0 Å². The standard InChI is InChI=1S/C13H16N2O2/c1-8-4-5-10-13(9(8)2)14-11(15(10)3)6-7-12(16)17/h4-5H,6-7H2,1-3H3,(H,16,17). The second-order valence-corrected chi connectivity index (χ2v) is 4.36. The van der Waals surface area contributed by atoms with E-state index in [9.17, 15) is 4.79 Å². The molecule has 1 heterocycles. The number of carboxylic acid groups (broad SMARTS) is 1. The minimum Gasteiger partial charge on any atom is -0.481 e. The maximum absolute atomic E-state index is 10.6. The Balaban J connectivity index is 2.49. The lowest BCUT2D eigenvalue weighted by molar-refractivity contribution is -0.137. The number of hydrogen-bond donors (Lipinski definition) is 1. The van der Waals surface area contributed by atoms with Gasteiger partial charge in [-0.05, 0) is 31.0 Å². The lowest BCUT2D eigenvalue weighted by Gasteiger charge is -2.01. The van der Waals surface area contributed by atoms with Crippen molar-refractivity contribution >= 4 is 17.0 Å². The van der Waals surface area contributed by atoms with Crippen LogP contribution in [-0.4, -0.2) is 20.6 Å². The highest BCUT2D eigenvalue weighted by molar-refractivity contribution is 5.80. The van der Waals surface area contributed by atoms with E-state index in [2.05, 4.69) is 18.0 Å². The topological polar surface area (TPSA) is 55.1 Å². The summed E-state index contributed by atoms with van der Waals surface area (Å²) in [5.41, 5.74) is 4.42. The Morgan fingerprint density at radius 3 is 2.76 bits per heavy atom. The van der Waals surface area contributed by atoms with Gasteiger partial charge in [0.2, 0.25) is 0 Å². The van der Waals surface area contributed by atoms with Crippen LogP contribution < -0.4 is 0 Å². The molecule has 0 aliphatic rings. The van der Waals surface area contributed by atoms with Crippen molar-refractivity contribution in [1.82, 2.24) is 9.55 Å². The molecule has 0 spiro atoms. The third kappa shape index (κ3) is 2.02. The number of imidazole rings is 1. The molecule has 1 N–H and O–H groups in total. The normalized spacial score (nSPS) is 11.0. The monoisotopic (exact) mass is 232 g/mol. The van der Waals surface area contributed by atoms with Crippen LogP contribution in [0.2, 0.25) is 0 Å². The average molecular weight is 232 g/mol. The van der Waals surface area contributed by atoms with Crippen LogP contribution in [-0.2, 0) is 18.3 Å². The molecule has 2 rings (SSSR count). The van der Waals surface area contributed by atoms with Gasteiger partial charge >= 0.3 is 5.97 Å². The van der Waals surface area contributed by atoms with Crippen LogP contribution in [0.3, 0.4) is 0 Å². The van der Waals surface area contributed by atoms with Crippen molar-refractivity contribution in [2.75, 3.05) is 0 Å². The number of aryl methyl sites for hydroxylation is 4. The summed E-state index contributed by atoms with van der Waals surface area (Å²) in [5, 5.41) is 8.70. The van der Waals surface area contributed by atoms with Gasteiger partial charge in [-0.2, -0.15) is 0 Å². The van der Waals surface area contributed by atoms with E-state index in [1.165, 1.54) is 11.1 Å². The summed E-state index contributed by atoms with van der Waals surface area (Å²) in [7, 11) is 1.93. The van der Waals surface area contributed by atoms with E-state index in [4.69, 9.17) is 5.11 Å². The van der Waals surface area contributed by atoms with Crippen LogP contribution in [0.4, 0.5) is 0 Å². The molecule has 17 heavy (non-hydrogen) atoms. The van der Waals surface area contributed by atoms with E-state index in [0.29, 0.717) is 6.42 Å². The van der Waals surface area contributed by atoms with E-state index in [0.717, 1.165) is 16.9 Å². The maximum Gasteiger partial charge on any atom is 0.303 e. The van der Waals surface area contributed by atoms with Gasteiger partial charge in [0.25, 0.3) is 0 Å².